The molecule has 2 aliphatic heterocycles. The Morgan fingerprint density at radius 1 is 1.39 bits per heavy atom. The SMILES string of the molecule is BC(O)(OC(C)C)C12CCC(O)(O)N1CC(O)C2. The third kappa shape index (κ3) is 1.99. The van der Waals surface area contributed by atoms with Crippen molar-refractivity contribution in [3.05, 3.63) is 0 Å². The van der Waals surface area contributed by atoms with Gasteiger partial charge in [0.05, 0.1) is 17.7 Å². The third-order valence-electron chi connectivity index (χ3n) is 4.12. The van der Waals surface area contributed by atoms with Crippen LogP contribution in [0.4, 0.5) is 0 Å². The molecule has 2 fully saturated rings. The number of β-amino-alcohol motifs (C(OH)–C–C–N with tert-alkyl or cyclic N) is 1. The fourth-order valence-corrected chi connectivity index (χ4v) is 3.43. The van der Waals surface area contributed by atoms with Crippen molar-refractivity contribution in [3.8, 4) is 0 Å². The van der Waals surface area contributed by atoms with Gasteiger partial charge in [-0.05, 0) is 26.7 Å². The molecule has 0 aromatic rings. The minimum absolute atomic E-state index is 0.130. The lowest BCUT2D eigenvalue weighted by Crippen LogP contribution is -2.64. The molecule has 2 saturated heterocycles. The van der Waals surface area contributed by atoms with Crippen LogP contribution < -0.4 is 0 Å². The standard InChI is InChI=1S/C11H22BNO5/c1-7(2)18-11(12,17)9-3-4-10(15,16)13(9)6-8(14)5-9/h7-8,14-17H,3-6,12H2,1-2H3. The largest absolute Gasteiger partial charge is 0.392 e. The van der Waals surface area contributed by atoms with Crippen molar-refractivity contribution in [2.45, 2.75) is 62.5 Å². The van der Waals surface area contributed by atoms with Gasteiger partial charge in [0.15, 0.2) is 7.85 Å². The maximum Gasteiger partial charge on any atom is 0.225 e. The molecule has 104 valence electrons. The summed E-state index contributed by atoms with van der Waals surface area (Å²) in [6.45, 7) is 3.74. The molecule has 0 amide bonds. The van der Waals surface area contributed by atoms with Crippen LogP contribution in [0.5, 0.6) is 0 Å². The topological polar surface area (TPSA) is 93.4 Å². The summed E-state index contributed by atoms with van der Waals surface area (Å²) in [7, 11) is 1.53. The molecule has 0 spiro atoms. The Labute approximate surface area is 108 Å². The zero-order chi connectivity index (χ0) is 13.8. The normalized spacial score (nSPS) is 38.9. The summed E-state index contributed by atoms with van der Waals surface area (Å²) in [5.41, 5.74) is -2.48. The highest BCUT2D eigenvalue weighted by molar-refractivity contribution is 6.14. The summed E-state index contributed by atoms with van der Waals surface area (Å²) in [6, 6.07) is 0. The number of aliphatic hydroxyl groups is 4. The summed E-state index contributed by atoms with van der Waals surface area (Å²) >= 11 is 0. The van der Waals surface area contributed by atoms with Crippen LogP contribution in [0.15, 0.2) is 0 Å². The van der Waals surface area contributed by atoms with Gasteiger partial charge in [-0.3, -0.25) is 0 Å². The molecule has 0 radical (unpaired) electrons. The summed E-state index contributed by atoms with van der Waals surface area (Å²) in [5.74, 6) is -1.98. The minimum atomic E-state index is -1.98. The first-order valence-corrected chi connectivity index (χ1v) is 6.41. The third-order valence-corrected chi connectivity index (χ3v) is 4.12. The molecule has 0 saturated carbocycles. The first-order chi connectivity index (χ1) is 8.11. The molecule has 2 aliphatic rings. The first kappa shape index (κ1) is 14.2. The van der Waals surface area contributed by atoms with Gasteiger partial charge in [0.1, 0.15) is 5.69 Å². The second-order valence-corrected chi connectivity index (χ2v) is 5.92. The average molecular weight is 259 g/mol. The zero-order valence-corrected chi connectivity index (χ0v) is 11.1. The van der Waals surface area contributed by atoms with E-state index in [2.05, 4.69) is 0 Å². The van der Waals surface area contributed by atoms with E-state index < -0.39 is 23.2 Å². The maximum absolute atomic E-state index is 10.6. The lowest BCUT2D eigenvalue weighted by atomic mass is 9.72. The Morgan fingerprint density at radius 3 is 2.56 bits per heavy atom. The van der Waals surface area contributed by atoms with E-state index in [0.717, 1.165) is 0 Å². The Hall–Kier alpha value is -0.175. The highest BCUT2D eigenvalue weighted by Gasteiger charge is 2.66. The van der Waals surface area contributed by atoms with Crippen molar-refractivity contribution in [3.63, 3.8) is 0 Å². The van der Waals surface area contributed by atoms with Crippen molar-refractivity contribution < 1.29 is 25.2 Å². The smallest absolute Gasteiger partial charge is 0.225 e. The summed E-state index contributed by atoms with van der Waals surface area (Å²) < 4.78 is 5.55. The molecule has 2 rings (SSSR count). The van der Waals surface area contributed by atoms with Gasteiger partial charge < -0.3 is 25.2 Å². The van der Waals surface area contributed by atoms with E-state index in [0.29, 0.717) is 6.42 Å². The molecule has 7 heteroatoms. The van der Waals surface area contributed by atoms with Crippen LogP contribution in [0.25, 0.3) is 0 Å². The molecule has 18 heavy (non-hydrogen) atoms. The van der Waals surface area contributed by atoms with E-state index in [1.807, 2.05) is 0 Å². The molecule has 2 heterocycles. The highest BCUT2D eigenvalue weighted by atomic mass is 16.6. The Balaban J connectivity index is 2.33. The van der Waals surface area contributed by atoms with Gasteiger partial charge in [-0.2, -0.15) is 0 Å². The molecule has 0 aromatic carbocycles. The summed E-state index contributed by atoms with van der Waals surface area (Å²) in [6.07, 6.45) is -0.100. The highest BCUT2D eigenvalue weighted by Crippen LogP contribution is 2.51. The Bertz CT molecular complexity index is 335. The Morgan fingerprint density at radius 2 is 2.00 bits per heavy atom. The second-order valence-electron chi connectivity index (χ2n) is 5.92. The number of fused-ring (bicyclic) bond motifs is 1. The van der Waals surface area contributed by atoms with Crippen LogP contribution >= 0.6 is 0 Å². The van der Waals surface area contributed by atoms with Crippen molar-refractivity contribution in [1.82, 2.24) is 4.90 Å². The number of hydrogen-bond acceptors (Lipinski definition) is 6. The lowest BCUT2D eigenvalue weighted by molar-refractivity contribution is -0.294. The summed E-state index contributed by atoms with van der Waals surface area (Å²) in [5, 5.41) is 40.3. The van der Waals surface area contributed by atoms with Gasteiger partial charge >= 0.3 is 0 Å². The Kier molecular flexibility index (Phi) is 3.29. The van der Waals surface area contributed by atoms with Gasteiger partial charge in [-0.15, -0.1) is 0 Å². The van der Waals surface area contributed by atoms with Crippen LogP contribution in [-0.4, -0.2) is 69.1 Å². The van der Waals surface area contributed by atoms with Gasteiger partial charge in [0.25, 0.3) is 0 Å². The quantitative estimate of drug-likeness (QED) is 0.343. The van der Waals surface area contributed by atoms with Gasteiger partial charge in [-0.1, -0.05) is 0 Å². The molecule has 3 atom stereocenters. The molecule has 0 aromatic heterocycles. The predicted octanol–water partition coefficient (Wildman–Crippen LogP) is -2.07. The van der Waals surface area contributed by atoms with Gasteiger partial charge in [-0.25, -0.2) is 4.90 Å². The van der Waals surface area contributed by atoms with E-state index in [1.165, 1.54) is 12.7 Å². The molecular formula is C11H22BNO5. The van der Waals surface area contributed by atoms with Crippen molar-refractivity contribution in [2.24, 2.45) is 0 Å². The average Bonchev–Trinajstić information content (AvgIpc) is 2.63. The molecular weight excluding hydrogens is 237 g/mol. The minimum Gasteiger partial charge on any atom is -0.392 e. The molecule has 6 nitrogen and oxygen atoms in total. The number of nitrogens with zero attached hydrogens (tertiary/aromatic N) is 1. The fraction of sp³-hybridized carbons (Fsp3) is 1.00. The second kappa shape index (κ2) is 4.16. The molecule has 4 N–H and O–H groups in total. The van der Waals surface area contributed by atoms with Crippen molar-refractivity contribution in [1.29, 1.82) is 0 Å². The fourth-order valence-electron chi connectivity index (χ4n) is 3.43. The predicted molar refractivity (Wildman–Crippen MR) is 66.2 cm³/mol. The van der Waals surface area contributed by atoms with Gasteiger partial charge in [0.2, 0.25) is 5.91 Å². The van der Waals surface area contributed by atoms with Crippen LogP contribution in [0.3, 0.4) is 0 Å². The molecule has 3 unspecified atom stereocenters. The van der Waals surface area contributed by atoms with E-state index in [1.54, 1.807) is 13.8 Å². The van der Waals surface area contributed by atoms with Crippen LogP contribution in [0, 0.1) is 0 Å². The number of aliphatic hydroxyl groups excluding tert-OH is 1. The number of hydrogen-bond donors (Lipinski definition) is 4. The van der Waals surface area contributed by atoms with E-state index in [9.17, 15) is 20.4 Å². The first-order valence-electron chi connectivity index (χ1n) is 6.41. The zero-order valence-electron chi connectivity index (χ0n) is 11.1. The lowest BCUT2D eigenvalue weighted by Gasteiger charge is -2.46. The van der Waals surface area contributed by atoms with E-state index in [4.69, 9.17) is 4.74 Å². The van der Waals surface area contributed by atoms with Crippen LogP contribution in [0.2, 0.25) is 0 Å². The van der Waals surface area contributed by atoms with Gasteiger partial charge in [0, 0.05) is 13.0 Å². The van der Waals surface area contributed by atoms with Crippen LogP contribution in [0.1, 0.15) is 33.1 Å². The van der Waals surface area contributed by atoms with E-state index in [-0.39, 0.29) is 25.5 Å². The van der Waals surface area contributed by atoms with Crippen molar-refractivity contribution >= 4 is 7.85 Å². The molecule has 0 bridgehead atoms. The maximum atomic E-state index is 10.6. The number of ether oxygens (including phenoxy) is 1. The van der Waals surface area contributed by atoms with E-state index >= 15 is 0 Å². The number of rotatable bonds is 3. The van der Waals surface area contributed by atoms with Crippen LogP contribution in [-0.2, 0) is 4.74 Å². The molecule has 0 aliphatic carbocycles. The monoisotopic (exact) mass is 259 g/mol. The van der Waals surface area contributed by atoms with Crippen molar-refractivity contribution in [2.75, 3.05) is 6.54 Å². The summed E-state index contributed by atoms with van der Waals surface area (Å²) in [4.78, 5) is 1.37.